The second-order valence-electron chi connectivity index (χ2n) is 3.36. The highest BCUT2D eigenvalue weighted by Crippen LogP contribution is 1.82. The Kier molecular flexibility index (Phi) is 3.81. The molecule has 0 aliphatic rings. The highest BCUT2D eigenvalue weighted by molar-refractivity contribution is 5.82. The smallest absolute Gasteiger partial charge is 0.325 e. The molecular formula is C9H11N3O5. The molecule has 8 heteroatoms. The summed E-state index contributed by atoms with van der Waals surface area (Å²) in [4.78, 5) is 43.9. The molecule has 1 aromatic heterocycles. The van der Waals surface area contributed by atoms with E-state index in [9.17, 15) is 19.2 Å². The van der Waals surface area contributed by atoms with Crippen LogP contribution in [0.1, 0.15) is 6.92 Å². The second-order valence-corrected chi connectivity index (χ2v) is 3.36. The number of carboxylic acids is 1. The van der Waals surface area contributed by atoms with Crippen molar-refractivity contribution in [2.75, 3.05) is 0 Å². The Morgan fingerprint density at radius 3 is 2.71 bits per heavy atom. The maximum atomic E-state index is 11.3. The molecule has 0 aliphatic heterocycles. The predicted molar refractivity (Wildman–Crippen MR) is 56.6 cm³/mol. The number of H-pyrrole nitrogens is 1. The molecule has 1 heterocycles. The van der Waals surface area contributed by atoms with Crippen molar-refractivity contribution in [3.8, 4) is 0 Å². The Morgan fingerprint density at radius 1 is 1.47 bits per heavy atom. The molecule has 17 heavy (non-hydrogen) atoms. The molecule has 0 saturated carbocycles. The number of aromatic nitrogens is 2. The van der Waals surface area contributed by atoms with E-state index in [1.165, 1.54) is 6.92 Å². The van der Waals surface area contributed by atoms with Gasteiger partial charge in [-0.3, -0.25) is 24.3 Å². The molecule has 0 bridgehead atoms. The van der Waals surface area contributed by atoms with Crippen molar-refractivity contribution in [1.82, 2.24) is 15.1 Å². The fourth-order valence-electron chi connectivity index (χ4n) is 1.07. The van der Waals surface area contributed by atoms with Crippen molar-refractivity contribution in [3.05, 3.63) is 32.8 Å². The summed E-state index contributed by atoms with van der Waals surface area (Å²) in [5.41, 5.74) is -1.08. The Morgan fingerprint density at radius 2 is 2.12 bits per heavy atom. The van der Waals surface area contributed by atoms with Crippen LogP contribution in [-0.4, -0.2) is 32.8 Å². The van der Waals surface area contributed by atoms with Crippen LogP contribution >= 0.6 is 0 Å². The number of amides is 1. The van der Waals surface area contributed by atoms with E-state index in [0.29, 0.717) is 0 Å². The van der Waals surface area contributed by atoms with Gasteiger partial charge in [-0.2, -0.15) is 0 Å². The summed E-state index contributed by atoms with van der Waals surface area (Å²) in [6.07, 6.45) is 0. The van der Waals surface area contributed by atoms with Crippen molar-refractivity contribution >= 4 is 11.9 Å². The highest BCUT2D eigenvalue weighted by atomic mass is 16.4. The van der Waals surface area contributed by atoms with Gasteiger partial charge in [0.15, 0.2) is 0 Å². The fourth-order valence-corrected chi connectivity index (χ4v) is 1.07. The van der Waals surface area contributed by atoms with Crippen LogP contribution in [-0.2, 0) is 16.1 Å². The van der Waals surface area contributed by atoms with Gasteiger partial charge in [-0.15, -0.1) is 0 Å². The number of aliphatic carboxylic acids is 1. The van der Waals surface area contributed by atoms with E-state index < -0.39 is 35.6 Å². The second kappa shape index (κ2) is 5.10. The van der Waals surface area contributed by atoms with E-state index in [1.54, 1.807) is 0 Å². The number of carboxylic acid groups (broad SMARTS) is 1. The summed E-state index contributed by atoms with van der Waals surface area (Å²) in [6, 6.07) is 0.997. The van der Waals surface area contributed by atoms with E-state index in [4.69, 9.17) is 5.11 Å². The van der Waals surface area contributed by atoms with E-state index in [0.717, 1.165) is 16.8 Å². The lowest BCUT2D eigenvalue weighted by Gasteiger charge is -2.09. The van der Waals surface area contributed by atoms with Gasteiger partial charge in [0, 0.05) is 12.1 Å². The summed E-state index contributed by atoms with van der Waals surface area (Å²) < 4.78 is 0.798. The third kappa shape index (κ3) is 3.59. The monoisotopic (exact) mass is 241 g/mol. The molecular weight excluding hydrogens is 230 g/mol. The lowest BCUT2D eigenvalue weighted by Crippen LogP contribution is -2.42. The number of nitrogens with zero attached hydrogens (tertiary/aromatic N) is 1. The maximum Gasteiger partial charge on any atom is 0.325 e. The molecule has 0 aliphatic carbocycles. The van der Waals surface area contributed by atoms with Crippen LogP contribution in [0.3, 0.4) is 0 Å². The Labute approximate surface area is 94.9 Å². The van der Waals surface area contributed by atoms with Crippen molar-refractivity contribution in [2.24, 2.45) is 0 Å². The molecule has 92 valence electrons. The van der Waals surface area contributed by atoms with Crippen LogP contribution in [0, 0.1) is 0 Å². The number of carbonyl (C=O) groups excluding carboxylic acids is 1. The first-order valence-corrected chi connectivity index (χ1v) is 4.72. The van der Waals surface area contributed by atoms with E-state index in [1.807, 2.05) is 0 Å². The minimum absolute atomic E-state index is 0.438. The molecule has 0 fully saturated rings. The van der Waals surface area contributed by atoms with Crippen molar-refractivity contribution in [3.63, 3.8) is 0 Å². The van der Waals surface area contributed by atoms with Gasteiger partial charge in [0.1, 0.15) is 12.6 Å². The van der Waals surface area contributed by atoms with Gasteiger partial charge in [-0.1, -0.05) is 0 Å². The first-order chi connectivity index (χ1) is 7.90. The van der Waals surface area contributed by atoms with Crippen LogP contribution in [0.15, 0.2) is 21.7 Å². The number of carbonyl (C=O) groups is 2. The first kappa shape index (κ1) is 12.7. The van der Waals surface area contributed by atoms with Crippen molar-refractivity contribution in [2.45, 2.75) is 19.5 Å². The maximum absolute atomic E-state index is 11.3. The molecule has 1 rings (SSSR count). The summed E-state index contributed by atoms with van der Waals surface area (Å²) in [6.45, 7) is 0.850. The molecule has 1 amide bonds. The normalized spacial score (nSPS) is 11.8. The molecule has 1 unspecified atom stereocenters. The number of aromatic amines is 1. The van der Waals surface area contributed by atoms with Crippen LogP contribution in [0.25, 0.3) is 0 Å². The minimum atomic E-state index is -1.19. The summed E-state index contributed by atoms with van der Waals surface area (Å²) in [5, 5.41) is 12.9. The molecule has 1 atom stereocenters. The van der Waals surface area contributed by atoms with E-state index in [-0.39, 0.29) is 0 Å². The largest absolute Gasteiger partial charge is 0.480 e. The number of hydrogen-bond donors (Lipinski definition) is 3. The predicted octanol–water partition coefficient (Wildman–Crippen LogP) is -1.87. The Hall–Kier alpha value is -2.38. The minimum Gasteiger partial charge on any atom is -0.480 e. The van der Waals surface area contributed by atoms with E-state index in [2.05, 4.69) is 10.4 Å². The number of hydrogen-bond acceptors (Lipinski definition) is 4. The van der Waals surface area contributed by atoms with Gasteiger partial charge >= 0.3 is 5.97 Å². The Bertz CT molecular complexity index is 544. The highest BCUT2D eigenvalue weighted by Gasteiger charge is 2.14. The lowest BCUT2D eigenvalue weighted by molar-refractivity contribution is -0.141. The fraction of sp³-hybridized carbons (Fsp3) is 0.333. The third-order valence-corrected chi connectivity index (χ3v) is 1.94. The average Bonchev–Trinajstić information content (AvgIpc) is 2.23. The van der Waals surface area contributed by atoms with Gasteiger partial charge in [0.05, 0.1) is 0 Å². The van der Waals surface area contributed by atoms with Crippen molar-refractivity contribution in [1.29, 1.82) is 0 Å². The van der Waals surface area contributed by atoms with Gasteiger partial charge in [0.2, 0.25) is 5.91 Å². The summed E-state index contributed by atoms with van der Waals surface area (Å²) >= 11 is 0. The standard InChI is InChI=1S/C9H11N3O5/c1-5(9(16)17)10-7(14)4-12-8(15)3-2-6(13)11-12/h2-3,5H,4H2,1H3,(H,10,14)(H,11,13)(H,16,17). The molecule has 0 saturated heterocycles. The first-order valence-electron chi connectivity index (χ1n) is 4.72. The summed E-state index contributed by atoms with van der Waals surface area (Å²) in [5.74, 6) is -1.86. The van der Waals surface area contributed by atoms with Crippen molar-refractivity contribution < 1.29 is 14.7 Å². The summed E-state index contributed by atoms with van der Waals surface area (Å²) in [7, 11) is 0. The zero-order valence-corrected chi connectivity index (χ0v) is 8.97. The zero-order valence-electron chi connectivity index (χ0n) is 8.97. The van der Waals surface area contributed by atoms with Crippen LogP contribution < -0.4 is 16.4 Å². The topological polar surface area (TPSA) is 121 Å². The Balaban J connectivity index is 2.75. The molecule has 1 aromatic rings. The van der Waals surface area contributed by atoms with E-state index >= 15 is 0 Å². The SMILES string of the molecule is CC(NC(=O)Cn1[nH]c(=O)ccc1=O)C(=O)O. The zero-order chi connectivity index (χ0) is 13.0. The van der Waals surface area contributed by atoms with Crippen LogP contribution in [0.5, 0.6) is 0 Å². The molecule has 0 radical (unpaired) electrons. The molecule has 0 aromatic carbocycles. The van der Waals surface area contributed by atoms with Gasteiger partial charge in [-0.25, -0.2) is 4.68 Å². The van der Waals surface area contributed by atoms with Crippen LogP contribution in [0.4, 0.5) is 0 Å². The van der Waals surface area contributed by atoms with Crippen LogP contribution in [0.2, 0.25) is 0 Å². The number of rotatable bonds is 4. The number of nitrogens with one attached hydrogen (secondary N) is 2. The quantitative estimate of drug-likeness (QED) is 0.570. The average molecular weight is 241 g/mol. The third-order valence-electron chi connectivity index (χ3n) is 1.94. The van der Waals surface area contributed by atoms with Gasteiger partial charge in [-0.05, 0) is 6.92 Å². The van der Waals surface area contributed by atoms with Gasteiger partial charge in [0.25, 0.3) is 11.1 Å². The lowest BCUT2D eigenvalue weighted by atomic mass is 10.3. The molecule has 0 spiro atoms. The van der Waals surface area contributed by atoms with Gasteiger partial charge < -0.3 is 10.4 Å². The molecule has 8 nitrogen and oxygen atoms in total. The molecule has 3 N–H and O–H groups in total.